The molecular weight excluding hydrogens is 300 g/mol. The minimum Gasteiger partial charge on any atom is -0.313 e. The number of aromatic amines is 1. The number of benzene rings is 1. The van der Waals surface area contributed by atoms with Crippen LogP contribution in [0.4, 0.5) is 0 Å². The first kappa shape index (κ1) is 12.3. The molecule has 0 saturated carbocycles. The number of nitrogens with zero attached hydrogens (tertiary/aromatic N) is 1. The van der Waals surface area contributed by atoms with Crippen molar-refractivity contribution in [3.8, 4) is 0 Å². The predicted molar refractivity (Wildman–Crippen MR) is 63.0 cm³/mol. The molecule has 13 heavy (non-hydrogen) atoms. The highest BCUT2D eigenvalue weighted by atomic mass is 79.9. The Morgan fingerprint density at radius 3 is 2.54 bits per heavy atom. The van der Waals surface area contributed by atoms with Crippen LogP contribution in [0.5, 0.6) is 0 Å². The zero-order valence-electron chi connectivity index (χ0n) is 6.56. The third kappa shape index (κ3) is 2.38. The Morgan fingerprint density at radius 2 is 1.85 bits per heavy atom. The molecule has 0 amide bonds. The van der Waals surface area contributed by atoms with E-state index in [4.69, 9.17) is 0 Å². The third-order valence-electron chi connectivity index (χ3n) is 1.55. The standard InChI is InChI=1S/C8H6N2O.2BrH/c11-8-6-3-1-2-4-7(6)9-5-10-8;;/h1-5H,(H,9,10,11);2*1H. The molecule has 5 heteroatoms. The fourth-order valence-electron chi connectivity index (χ4n) is 1.02. The molecule has 1 aromatic heterocycles. The summed E-state index contributed by atoms with van der Waals surface area (Å²) in [5.41, 5.74) is 0.645. The second-order valence-corrected chi connectivity index (χ2v) is 2.25. The van der Waals surface area contributed by atoms with E-state index < -0.39 is 0 Å². The lowest BCUT2D eigenvalue weighted by Crippen LogP contribution is -2.05. The van der Waals surface area contributed by atoms with E-state index in [0.717, 1.165) is 5.52 Å². The van der Waals surface area contributed by atoms with Crippen molar-refractivity contribution < 1.29 is 0 Å². The highest BCUT2D eigenvalue weighted by Gasteiger charge is 1.94. The minimum absolute atomic E-state index is 0. The van der Waals surface area contributed by atoms with Gasteiger partial charge in [0.2, 0.25) is 0 Å². The van der Waals surface area contributed by atoms with Crippen molar-refractivity contribution in [3.05, 3.63) is 40.9 Å². The van der Waals surface area contributed by atoms with Crippen LogP contribution in [0.2, 0.25) is 0 Å². The van der Waals surface area contributed by atoms with Gasteiger partial charge in [0, 0.05) is 0 Å². The largest absolute Gasteiger partial charge is 0.313 e. The van der Waals surface area contributed by atoms with Crippen LogP contribution in [0.25, 0.3) is 10.9 Å². The summed E-state index contributed by atoms with van der Waals surface area (Å²) in [5.74, 6) is 0. The molecule has 0 atom stereocenters. The molecule has 0 aliphatic carbocycles. The van der Waals surface area contributed by atoms with E-state index in [9.17, 15) is 4.79 Å². The second-order valence-electron chi connectivity index (χ2n) is 2.25. The Bertz CT molecular complexity index is 436. The van der Waals surface area contributed by atoms with E-state index in [1.807, 2.05) is 18.2 Å². The lowest BCUT2D eigenvalue weighted by molar-refractivity contribution is 1.17. The topological polar surface area (TPSA) is 45.8 Å². The molecule has 0 radical (unpaired) electrons. The highest BCUT2D eigenvalue weighted by molar-refractivity contribution is 8.93. The second kappa shape index (κ2) is 5.14. The number of halogens is 2. The summed E-state index contributed by atoms with van der Waals surface area (Å²) in [5, 5.41) is 0.634. The number of H-pyrrole nitrogens is 1. The van der Waals surface area contributed by atoms with Gasteiger partial charge in [-0.1, -0.05) is 12.1 Å². The molecule has 0 aliphatic rings. The van der Waals surface area contributed by atoms with Crippen LogP contribution in [0.1, 0.15) is 0 Å². The predicted octanol–water partition coefficient (Wildman–Crippen LogP) is 2.08. The van der Waals surface area contributed by atoms with Gasteiger partial charge in [0.25, 0.3) is 5.56 Å². The molecule has 0 bridgehead atoms. The van der Waals surface area contributed by atoms with Crippen LogP contribution >= 0.6 is 34.0 Å². The van der Waals surface area contributed by atoms with E-state index in [1.165, 1.54) is 6.33 Å². The third-order valence-corrected chi connectivity index (χ3v) is 1.55. The molecule has 1 N–H and O–H groups in total. The summed E-state index contributed by atoms with van der Waals surface area (Å²) in [6.45, 7) is 0. The maximum atomic E-state index is 11.1. The Hall–Kier alpha value is -0.680. The van der Waals surface area contributed by atoms with E-state index in [2.05, 4.69) is 9.97 Å². The van der Waals surface area contributed by atoms with Crippen molar-refractivity contribution in [2.45, 2.75) is 0 Å². The molecule has 70 valence electrons. The zero-order valence-corrected chi connectivity index (χ0v) is 9.98. The van der Waals surface area contributed by atoms with Gasteiger partial charge in [0.05, 0.1) is 17.2 Å². The number of aromatic nitrogens is 2. The van der Waals surface area contributed by atoms with Crippen LogP contribution in [0, 0.1) is 0 Å². The van der Waals surface area contributed by atoms with E-state index >= 15 is 0 Å². The molecule has 0 saturated heterocycles. The fraction of sp³-hybridized carbons (Fsp3) is 0. The van der Waals surface area contributed by atoms with E-state index in [0.29, 0.717) is 5.39 Å². The average molecular weight is 308 g/mol. The summed E-state index contributed by atoms with van der Waals surface area (Å²) in [7, 11) is 0. The van der Waals surface area contributed by atoms with Crippen LogP contribution in [0.15, 0.2) is 35.4 Å². The summed E-state index contributed by atoms with van der Waals surface area (Å²) in [6.07, 6.45) is 1.41. The lowest BCUT2D eigenvalue weighted by atomic mass is 10.2. The van der Waals surface area contributed by atoms with Crippen molar-refractivity contribution in [1.82, 2.24) is 9.97 Å². The molecule has 2 rings (SSSR count). The molecular formula is C8H8Br2N2O. The summed E-state index contributed by atoms with van der Waals surface area (Å²) in [6, 6.07) is 7.24. The number of nitrogens with one attached hydrogen (secondary N) is 1. The van der Waals surface area contributed by atoms with Crippen LogP contribution in [-0.2, 0) is 0 Å². The number of fused-ring (bicyclic) bond motifs is 1. The Balaban J connectivity index is 0.000000720. The molecule has 2 aromatic rings. The number of hydrogen-bond acceptors (Lipinski definition) is 2. The molecule has 0 spiro atoms. The maximum absolute atomic E-state index is 11.1. The maximum Gasteiger partial charge on any atom is 0.258 e. The van der Waals surface area contributed by atoms with Gasteiger partial charge in [-0.05, 0) is 12.1 Å². The first-order valence-electron chi connectivity index (χ1n) is 3.30. The van der Waals surface area contributed by atoms with Crippen LogP contribution in [0.3, 0.4) is 0 Å². The molecule has 0 fully saturated rings. The van der Waals surface area contributed by atoms with Crippen molar-refractivity contribution >= 4 is 44.9 Å². The van der Waals surface area contributed by atoms with E-state index in [-0.39, 0.29) is 39.5 Å². The molecule has 0 aliphatic heterocycles. The van der Waals surface area contributed by atoms with Gasteiger partial charge in [0.15, 0.2) is 0 Å². The van der Waals surface area contributed by atoms with Crippen molar-refractivity contribution in [3.63, 3.8) is 0 Å². The van der Waals surface area contributed by atoms with Crippen LogP contribution < -0.4 is 5.56 Å². The van der Waals surface area contributed by atoms with Gasteiger partial charge in [-0.3, -0.25) is 4.79 Å². The first-order chi connectivity index (χ1) is 5.38. The van der Waals surface area contributed by atoms with Crippen molar-refractivity contribution in [2.24, 2.45) is 0 Å². The Morgan fingerprint density at radius 1 is 1.15 bits per heavy atom. The number of para-hydroxylation sites is 1. The summed E-state index contributed by atoms with van der Waals surface area (Å²) >= 11 is 0. The molecule has 1 heterocycles. The molecule has 1 aromatic carbocycles. The van der Waals surface area contributed by atoms with Crippen molar-refractivity contribution in [2.75, 3.05) is 0 Å². The van der Waals surface area contributed by atoms with Gasteiger partial charge in [-0.25, -0.2) is 4.98 Å². The van der Waals surface area contributed by atoms with E-state index in [1.54, 1.807) is 6.07 Å². The highest BCUT2D eigenvalue weighted by Crippen LogP contribution is 2.02. The SMILES string of the molecule is Br.Br.O=c1[nH]cnc2ccccc12. The van der Waals surface area contributed by atoms with Gasteiger partial charge >= 0.3 is 0 Å². The van der Waals surface area contributed by atoms with Gasteiger partial charge in [0.1, 0.15) is 0 Å². The van der Waals surface area contributed by atoms with Gasteiger partial charge < -0.3 is 4.98 Å². The Kier molecular flexibility index (Phi) is 4.87. The lowest BCUT2D eigenvalue weighted by Gasteiger charge is -1.91. The quantitative estimate of drug-likeness (QED) is 0.810. The van der Waals surface area contributed by atoms with Crippen molar-refractivity contribution in [1.29, 1.82) is 0 Å². The van der Waals surface area contributed by atoms with Crippen LogP contribution in [-0.4, -0.2) is 9.97 Å². The summed E-state index contributed by atoms with van der Waals surface area (Å²) in [4.78, 5) is 17.6. The Labute approximate surface area is 95.7 Å². The number of hydrogen-bond donors (Lipinski definition) is 1. The minimum atomic E-state index is -0.0874. The number of rotatable bonds is 0. The molecule has 0 unspecified atom stereocenters. The average Bonchev–Trinajstić information content (AvgIpc) is 2.06. The van der Waals surface area contributed by atoms with Gasteiger partial charge in [-0.15, -0.1) is 34.0 Å². The normalized spacial score (nSPS) is 8.62. The summed E-state index contributed by atoms with van der Waals surface area (Å²) < 4.78 is 0. The first-order valence-corrected chi connectivity index (χ1v) is 3.30. The zero-order chi connectivity index (χ0) is 7.68. The molecule has 3 nitrogen and oxygen atoms in total. The van der Waals surface area contributed by atoms with Gasteiger partial charge in [-0.2, -0.15) is 0 Å². The smallest absolute Gasteiger partial charge is 0.258 e. The fourth-order valence-corrected chi connectivity index (χ4v) is 1.02. The monoisotopic (exact) mass is 306 g/mol.